The van der Waals surface area contributed by atoms with E-state index in [1.165, 1.54) is 5.56 Å². The monoisotopic (exact) mass is 359 g/mol. The largest absolute Gasteiger partial charge is 0.486 e. The van der Waals surface area contributed by atoms with E-state index in [0.29, 0.717) is 19.8 Å². The summed E-state index contributed by atoms with van der Waals surface area (Å²) in [5, 5.41) is 7.35. The van der Waals surface area contributed by atoms with E-state index in [0.717, 1.165) is 41.0 Å². The van der Waals surface area contributed by atoms with E-state index in [4.69, 9.17) is 21.1 Å². The van der Waals surface area contributed by atoms with Crippen molar-refractivity contribution in [1.29, 1.82) is 0 Å². The third-order valence-electron chi connectivity index (χ3n) is 3.91. The van der Waals surface area contributed by atoms with Gasteiger partial charge >= 0.3 is 0 Å². The number of hydrogen-bond donors (Lipinski definition) is 2. The Balaban J connectivity index is 1.46. The van der Waals surface area contributed by atoms with Crippen molar-refractivity contribution in [3.8, 4) is 11.5 Å². The van der Waals surface area contributed by atoms with Crippen molar-refractivity contribution >= 4 is 17.6 Å². The van der Waals surface area contributed by atoms with Crippen LogP contribution in [0, 0.1) is 0 Å². The average Bonchev–Trinajstić information content (AvgIpc) is 2.65. The molecule has 0 radical (unpaired) electrons. The number of nitrogens with one attached hydrogen (secondary N) is 2. The van der Waals surface area contributed by atoms with Crippen LogP contribution in [0.15, 0.2) is 47.5 Å². The van der Waals surface area contributed by atoms with Crippen molar-refractivity contribution in [2.75, 3.05) is 26.8 Å². The molecule has 0 aliphatic carbocycles. The summed E-state index contributed by atoms with van der Waals surface area (Å²) in [6, 6.07) is 13.8. The highest BCUT2D eigenvalue weighted by molar-refractivity contribution is 6.30. The number of halogens is 1. The number of guanidine groups is 1. The van der Waals surface area contributed by atoms with E-state index in [1.807, 2.05) is 36.4 Å². The third kappa shape index (κ3) is 5.03. The van der Waals surface area contributed by atoms with Gasteiger partial charge in [-0.15, -0.1) is 0 Å². The number of aliphatic imine (C=N–C) groups is 1. The highest BCUT2D eigenvalue weighted by atomic mass is 35.5. The first-order valence-electron chi connectivity index (χ1n) is 8.32. The number of nitrogens with zero attached hydrogens (tertiary/aromatic N) is 1. The second-order valence-electron chi connectivity index (χ2n) is 5.71. The molecule has 0 fully saturated rings. The number of benzene rings is 2. The predicted molar refractivity (Wildman–Crippen MR) is 101 cm³/mol. The quantitative estimate of drug-likeness (QED) is 0.636. The standard InChI is InChI=1S/C19H22ClN3O2/c1-21-19(23-13-15-2-5-16(20)6-3-15)22-9-8-14-4-7-17-18(12-14)25-11-10-24-17/h2-7,12H,8-11,13H2,1H3,(H2,21,22,23). The smallest absolute Gasteiger partial charge is 0.191 e. The lowest BCUT2D eigenvalue weighted by Crippen LogP contribution is -2.37. The molecule has 5 nitrogen and oxygen atoms in total. The Morgan fingerprint density at radius 3 is 2.48 bits per heavy atom. The number of ether oxygens (including phenoxy) is 2. The van der Waals surface area contributed by atoms with Gasteiger partial charge in [-0.2, -0.15) is 0 Å². The Bertz CT molecular complexity index is 732. The summed E-state index contributed by atoms with van der Waals surface area (Å²) in [6.07, 6.45) is 0.873. The van der Waals surface area contributed by atoms with Crippen LogP contribution in [0.3, 0.4) is 0 Å². The van der Waals surface area contributed by atoms with Crippen LogP contribution in [-0.4, -0.2) is 32.8 Å². The van der Waals surface area contributed by atoms with E-state index in [-0.39, 0.29) is 0 Å². The van der Waals surface area contributed by atoms with Crippen LogP contribution in [0.25, 0.3) is 0 Å². The van der Waals surface area contributed by atoms with Crippen LogP contribution in [0.5, 0.6) is 11.5 Å². The molecule has 0 aromatic heterocycles. The Morgan fingerprint density at radius 1 is 1.00 bits per heavy atom. The molecule has 0 bridgehead atoms. The minimum Gasteiger partial charge on any atom is -0.486 e. The lowest BCUT2D eigenvalue weighted by molar-refractivity contribution is 0.171. The third-order valence-corrected chi connectivity index (χ3v) is 4.16. The van der Waals surface area contributed by atoms with E-state index < -0.39 is 0 Å². The highest BCUT2D eigenvalue weighted by Crippen LogP contribution is 2.30. The molecule has 6 heteroatoms. The molecule has 0 saturated carbocycles. The normalized spacial score (nSPS) is 13.4. The fourth-order valence-electron chi connectivity index (χ4n) is 2.58. The summed E-state index contributed by atoms with van der Waals surface area (Å²) >= 11 is 5.90. The Morgan fingerprint density at radius 2 is 1.72 bits per heavy atom. The molecule has 2 N–H and O–H groups in total. The predicted octanol–water partition coefficient (Wildman–Crippen LogP) is 3.02. The van der Waals surface area contributed by atoms with Crippen molar-refractivity contribution in [3.05, 3.63) is 58.6 Å². The van der Waals surface area contributed by atoms with Gasteiger partial charge in [0.1, 0.15) is 13.2 Å². The van der Waals surface area contributed by atoms with E-state index in [1.54, 1.807) is 7.05 Å². The molecule has 3 rings (SSSR count). The SMILES string of the molecule is CN=C(NCCc1ccc2c(c1)OCCO2)NCc1ccc(Cl)cc1. The molecule has 1 aliphatic heterocycles. The Kier molecular flexibility index (Phi) is 6.01. The average molecular weight is 360 g/mol. The highest BCUT2D eigenvalue weighted by Gasteiger charge is 2.11. The van der Waals surface area contributed by atoms with E-state index in [2.05, 4.69) is 21.7 Å². The zero-order valence-electron chi connectivity index (χ0n) is 14.2. The molecule has 1 aliphatic rings. The van der Waals surface area contributed by atoms with Gasteiger partial charge in [0.15, 0.2) is 17.5 Å². The van der Waals surface area contributed by atoms with Crippen LogP contribution in [0.1, 0.15) is 11.1 Å². The van der Waals surface area contributed by atoms with Gasteiger partial charge in [0.05, 0.1) is 0 Å². The zero-order valence-corrected chi connectivity index (χ0v) is 15.0. The molecule has 0 amide bonds. The van der Waals surface area contributed by atoms with Crippen molar-refractivity contribution in [3.63, 3.8) is 0 Å². The number of fused-ring (bicyclic) bond motifs is 1. The van der Waals surface area contributed by atoms with Crippen LogP contribution >= 0.6 is 11.6 Å². The van der Waals surface area contributed by atoms with Gasteiger partial charge in [-0.3, -0.25) is 4.99 Å². The maximum Gasteiger partial charge on any atom is 0.191 e. The van der Waals surface area contributed by atoms with Gasteiger partial charge in [0, 0.05) is 25.2 Å². The van der Waals surface area contributed by atoms with Crippen molar-refractivity contribution in [2.24, 2.45) is 4.99 Å². The van der Waals surface area contributed by atoms with Crippen molar-refractivity contribution < 1.29 is 9.47 Å². The maximum atomic E-state index is 5.90. The summed E-state index contributed by atoms with van der Waals surface area (Å²) in [7, 11) is 1.77. The second-order valence-corrected chi connectivity index (χ2v) is 6.14. The van der Waals surface area contributed by atoms with Crippen LogP contribution < -0.4 is 20.1 Å². The van der Waals surface area contributed by atoms with Gasteiger partial charge in [0.25, 0.3) is 0 Å². The first-order chi connectivity index (χ1) is 12.2. The van der Waals surface area contributed by atoms with E-state index >= 15 is 0 Å². The summed E-state index contributed by atoms with van der Waals surface area (Å²) in [4.78, 5) is 4.25. The van der Waals surface area contributed by atoms with Gasteiger partial charge in [-0.25, -0.2) is 0 Å². The van der Waals surface area contributed by atoms with Crippen LogP contribution in [0.4, 0.5) is 0 Å². The summed E-state index contributed by atoms with van der Waals surface area (Å²) in [5.74, 6) is 2.42. The molecule has 0 unspecified atom stereocenters. The second kappa shape index (κ2) is 8.62. The first-order valence-corrected chi connectivity index (χ1v) is 8.70. The lowest BCUT2D eigenvalue weighted by atomic mass is 10.1. The fraction of sp³-hybridized carbons (Fsp3) is 0.316. The van der Waals surface area contributed by atoms with Crippen molar-refractivity contribution in [2.45, 2.75) is 13.0 Å². The van der Waals surface area contributed by atoms with Gasteiger partial charge < -0.3 is 20.1 Å². The van der Waals surface area contributed by atoms with Crippen molar-refractivity contribution in [1.82, 2.24) is 10.6 Å². The zero-order chi connectivity index (χ0) is 17.5. The van der Waals surface area contributed by atoms with Gasteiger partial charge in [-0.1, -0.05) is 29.8 Å². The first kappa shape index (κ1) is 17.4. The molecule has 0 spiro atoms. The van der Waals surface area contributed by atoms with Gasteiger partial charge in [0.2, 0.25) is 0 Å². The molecule has 25 heavy (non-hydrogen) atoms. The summed E-state index contributed by atoms with van der Waals surface area (Å²) in [5.41, 5.74) is 2.35. The molecular weight excluding hydrogens is 338 g/mol. The minimum absolute atomic E-state index is 0.607. The summed E-state index contributed by atoms with van der Waals surface area (Å²) in [6.45, 7) is 2.69. The molecule has 2 aromatic rings. The summed E-state index contributed by atoms with van der Waals surface area (Å²) < 4.78 is 11.2. The molecule has 0 saturated heterocycles. The molecular formula is C19H22ClN3O2. The van der Waals surface area contributed by atoms with E-state index in [9.17, 15) is 0 Å². The molecule has 1 heterocycles. The lowest BCUT2D eigenvalue weighted by Gasteiger charge is -2.19. The molecule has 0 atom stereocenters. The fourth-order valence-corrected chi connectivity index (χ4v) is 2.70. The Hall–Kier alpha value is -2.40. The topological polar surface area (TPSA) is 54.9 Å². The number of hydrogen-bond acceptors (Lipinski definition) is 3. The maximum absolute atomic E-state index is 5.90. The van der Waals surface area contributed by atoms with Crippen LogP contribution in [0.2, 0.25) is 5.02 Å². The Labute approximate surface area is 153 Å². The molecule has 132 valence electrons. The van der Waals surface area contributed by atoms with Crippen LogP contribution in [-0.2, 0) is 13.0 Å². The molecule has 2 aromatic carbocycles. The van der Waals surface area contributed by atoms with Gasteiger partial charge in [-0.05, 0) is 41.8 Å². The number of rotatable bonds is 5. The minimum atomic E-state index is 0.607.